The molecule has 678 valence electrons. The van der Waals surface area contributed by atoms with Crippen LogP contribution in [-0.2, 0) is 87.6 Å². The molecule has 122 heavy (non-hydrogen) atoms. The first-order valence-corrected chi connectivity index (χ1v) is 47.5. The molecule has 1 saturated heterocycles. The van der Waals surface area contributed by atoms with Crippen molar-refractivity contribution in [3.63, 3.8) is 0 Å². The minimum atomic E-state index is -1.51. The summed E-state index contributed by atoms with van der Waals surface area (Å²) in [5, 5.41) is 25.3. The number of amides is 12. The van der Waals surface area contributed by atoms with Gasteiger partial charge < -0.3 is 92.9 Å². The third kappa shape index (κ3) is 43.8. The van der Waals surface area contributed by atoms with Gasteiger partial charge in [-0.2, -0.15) is 35.3 Å². The average molecular weight is 1750 g/mol. The molecule has 3 aromatic rings. The molecular weight excluding hydrogens is 1610 g/mol. The third-order valence-corrected chi connectivity index (χ3v) is 24.5. The van der Waals surface area contributed by atoms with Crippen molar-refractivity contribution in [1.82, 2.24) is 52.8 Å². The predicted octanol–water partition coefficient (Wildman–Crippen LogP) is 5.95. The summed E-state index contributed by atoms with van der Waals surface area (Å²) in [6.07, 6.45) is 21.1. The van der Waals surface area contributed by atoms with Gasteiger partial charge in [-0.3, -0.25) is 67.5 Å². The highest BCUT2D eigenvalue weighted by atomic mass is 32.2. The fourth-order valence-corrected chi connectivity index (χ4v) is 17.4. The number of unbranched alkanes of at least 4 members (excludes halogenated alkanes) is 13. The smallest absolute Gasteiger partial charge is 0.245 e. The minimum Gasteiger partial charge on any atom is -0.370 e. The van der Waals surface area contributed by atoms with Gasteiger partial charge in [-0.05, 0) is 117 Å². The Morgan fingerprint density at radius 3 is 1.48 bits per heavy atom. The quantitative estimate of drug-likeness (QED) is 0.0187. The van der Waals surface area contributed by atoms with E-state index in [2.05, 4.69) is 83.0 Å². The van der Waals surface area contributed by atoms with Crippen molar-refractivity contribution in [1.29, 1.82) is 0 Å². The summed E-state index contributed by atoms with van der Waals surface area (Å²) in [7, 11) is 0. The molecule has 5 rings (SSSR count). The van der Waals surface area contributed by atoms with Crippen LogP contribution in [-0.4, -0.2) is 192 Å². The standard InChI is InChI=1S/C88H141N19O12S3/c1-4-5-6-7-8-9-10-11-12-13-14-15-16-29-47-120-55-63-49-64-51-65(50-63)57-122-59-73(78(91)111)101-77(110)41-26-20-28-43-97-80(113)72(54-75(90)108)106-81(114)67(37-30-44-98-87(92)93)102-85(118)74-39-32-46-107(74)86(119)68(38-31-45-99-88(94)95)103-84(117)71(53-62-35-23-18-24-36-62)105-82(115)69(48-60(2)3)104-83(116)70(52-61-33-21-17-22-34-61)100-76(109)40-25-19-27-42-96-79(112)66(89)58-121-56-64/h17-18,21-24,33-36,49-51,60,66-74H,4-16,19-20,25-32,37-48,52-59,89H2,1-3H3,(H2,90,108)(H2,91,111)(H,96,112)(H,97,113)(H,100,109)(H,101,110)(H,102,118)(H,103,117)(H,104,116)(H,105,115)(H,106,114)(H4,92,93,98)(H4,94,95,99)/t66-,67+,68+,69-,70+,71+,72+,73-,74+/m0/s1. The second-order valence-electron chi connectivity index (χ2n) is 32.4. The van der Waals surface area contributed by atoms with Gasteiger partial charge in [0.2, 0.25) is 70.9 Å². The molecule has 31 nitrogen and oxygen atoms in total. The van der Waals surface area contributed by atoms with Crippen LogP contribution in [0.1, 0.15) is 241 Å². The van der Waals surface area contributed by atoms with Crippen LogP contribution in [0.5, 0.6) is 0 Å². The number of nitrogens with one attached hydrogen (secondary N) is 9. The van der Waals surface area contributed by atoms with Crippen molar-refractivity contribution in [3.8, 4) is 0 Å². The van der Waals surface area contributed by atoms with Gasteiger partial charge in [0, 0.05) is 87.2 Å². The molecule has 2 aliphatic heterocycles. The number of guanidine groups is 2. The lowest BCUT2D eigenvalue weighted by Gasteiger charge is -2.31. The fraction of sp³-hybridized carbons (Fsp3) is 0.636. The van der Waals surface area contributed by atoms with Gasteiger partial charge in [-0.15, -0.1) is 0 Å². The largest absolute Gasteiger partial charge is 0.370 e. The van der Waals surface area contributed by atoms with Gasteiger partial charge in [0.15, 0.2) is 11.9 Å². The molecule has 3 aromatic carbocycles. The molecule has 2 bridgehead atoms. The SMILES string of the molecule is CCCCCCCCCCCCCCCCSCc1cc2cc(c1)CSC[C@H](N)C(=O)NCCCCCC(=O)N[C@H](Cc1ccccc1)C(=O)N[C@@H](CC(C)C)C(=O)N[C@H](Cc1ccccc1)C(=O)N[C@H](CCCN=C(N)N)C(=O)N1CCC[C@@H]1C(=O)N[C@H](CCCN=C(N)N)C(=O)N[C@H](CC(N)=O)C(=O)NCCCCCC(=O)N[C@H](C(N)=O)CSC2. The van der Waals surface area contributed by atoms with Gasteiger partial charge >= 0.3 is 0 Å². The maximum Gasteiger partial charge on any atom is 0.245 e. The number of nitrogens with zero attached hydrogens (tertiary/aromatic N) is 3. The number of primary amides is 2. The zero-order valence-corrected chi connectivity index (χ0v) is 74.6. The molecular formula is C88H141N19O12S3. The van der Waals surface area contributed by atoms with Gasteiger partial charge in [0.25, 0.3) is 0 Å². The summed E-state index contributed by atoms with van der Waals surface area (Å²) >= 11 is 4.92. The summed E-state index contributed by atoms with van der Waals surface area (Å²) in [6.45, 7) is 6.48. The van der Waals surface area contributed by atoms with Crippen LogP contribution >= 0.6 is 35.3 Å². The van der Waals surface area contributed by atoms with Gasteiger partial charge in [0.05, 0.1) is 12.5 Å². The zero-order chi connectivity index (χ0) is 88.8. The van der Waals surface area contributed by atoms with E-state index in [0.717, 1.165) is 40.2 Å². The van der Waals surface area contributed by atoms with Gasteiger partial charge in [0.1, 0.15) is 48.3 Å². The normalized spacial score (nSPS) is 21.7. The number of fused-ring (bicyclic) bond motifs is 3. The first-order chi connectivity index (χ1) is 58.7. The number of hydrogen-bond acceptors (Lipinski definition) is 18. The number of thioether (sulfide) groups is 3. The van der Waals surface area contributed by atoms with Gasteiger partial charge in [-0.1, -0.05) is 196 Å². The Labute approximate surface area is 734 Å². The highest BCUT2D eigenvalue weighted by Crippen LogP contribution is 2.26. The summed E-state index contributed by atoms with van der Waals surface area (Å²) in [5.41, 5.74) is 45.2. The van der Waals surface area contributed by atoms with E-state index in [1.807, 2.05) is 55.9 Å². The monoisotopic (exact) mass is 1750 g/mol. The Kier molecular flexibility index (Phi) is 51.2. The van der Waals surface area contributed by atoms with E-state index < -0.39 is 120 Å². The fourth-order valence-electron chi connectivity index (χ4n) is 14.6. The molecule has 2 heterocycles. The van der Waals surface area contributed by atoms with E-state index in [4.69, 9.17) is 40.1 Å². The van der Waals surface area contributed by atoms with Crippen molar-refractivity contribution in [2.24, 2.45) is 56.0 Å². The first kappa shape index (κ1) is 103. The van der Waals surface area contributed by atoms with Crippen molar-refractivity contribution < 1.29 is 57.5 Å². The Bertz CT molecular complexity index is 3770. The number of nitrogens with two attached hydrogens (primary N) is 7. The first-order valence-electron chi connectivity index (χ1n) is 44.0. The van der Waals surface area contributed by atoms with Crippen LogP contribution < -0.4 is 88.0 Å². The molecule has 0 saturated carbocycles. The Balaban J connectivity index is 1.38. The number of benzene rings is 3. The second-order valence-corrected chi connectivity index (χ2v) is 35.5. The van der Waals surface area contributed by atoms with Crippen LogP contribution in [0.15, 0.2) is 88.8 Å². The van der Waals surface area contributed by atoms with Crippen molar-refractivity contribution >= 4 is 118 Å². The van der Waals surface area contributed by atoms with E-state index >= 15 is 9.59 Å². The van der Waals surface area contributed by atoms with Gasteiger partial charge in [-0.25, -0.2) is 0 Å². The molecule has 23 N–H and O–H groups in total. The lowest BCUT2D eigenvalue weighted by atomic mass is 9.99. The van der Waals surface area contributed by atoms with Crippen LogP contribution in [0.3, 0.4) is 0 Å². The molecule has 0 radical (unpaired) electrons. The number of hydrogen-bond donors (Lipinski definition) is 16. The molecule has 2 aliphatic rings. The maximum absolute atomic E-state index is 15.1. The second kappa shape index (κ2) is 60.4. The average Bonchev–Trinajstić information content (AvgIpc) is 1.62. The van der Waals surface area contributed by atoms with Crippen molar-refractivity contribution in [3.05, 3.63) is 107 Å². The zero-order valence-electron chi connectivity index (χ0n) is 72.2. The summed E-state index contributed by atoms with van der Waals surface area (Å²) in [4.78, 5) is 178. The number of carbonyl (C=O) groups is 12. The molecule has 0 unspecified atom stereocenters. The Hall–Kier alpha value is -9.15. The lowest BCUT2D eigenvalue weighted by Crippen LogP contribution is -2.60. The number of rotatable bonds is 34. The number of carbonyl (C=O) groups excluding carboxylic acids is 12. The molecule has 12 amide bonds. The molecule has 0 aromatic heterocycles. The Morgan fingerprint density at radius 2 is 0.951 bits per heavy atom. The minimum absolute atomic E-state index is 0.0278. The Morgan fingerprint density at radius 1 is 0.484 bits per heavy atom. The third-order valence-electron chi connectivity index (χ3n) is 21.1. The highest BCUT2D eigenvalue weighted by Gasteiger charge is 2.41. The molecule has 0 aliphatic carbocycles. The van der Waals surface area contributed by atoms with Crippen LogP contribution in [0, 0.1) is 5.92 Å². The summed E-state index contributed by atoms with van der Waals surface area (Å²) < 4.78 is 0. The highest BCUT2D eigenvalue weighted by molar-refractivity contribution is 7.99. The number of aliphatic imine (C=N–C) groups is 2. The molecule has 34 heteroatoms. The molecule has 9 atom stereocenters. The van der Waals surface area contributed by atoms with Crippen LogP contribution in [0.2, 0.25) is 0 Å². The summed E-state index contributed by atoms with van der Waals surface area (Å²) in [5.74, 6) is -5.06. The summed E-state index contributed by atoms with van der Waals surface area (Å²) in [6, 6.07) is 13.4. The van der Waals surface area contributed by atoms with E-state index in [1.165, 1.54) is 100 Å². The van der Waals surface area contributed by atoms with Crippen LogP contribution in [0.25, 0.3) is 0 Å². The van der Waals surface area contributed by atoms with Crippen LogP contribution in [0.4, 0.5) is 0 Å². The lowest BCUT2D eigenvalue weighted by molar-refractivity contribution is -0.142. The predicted molar refractivity (Wildman–Crippen MR) is 487 cm³/mol. The molecule has 1 fully saturated rings. The van der Waals surface area contributed by atoms with E-state index in [1.54, 1.807) is 42.1 Å². The van der Waals surface area contributed by atoms with Crippen molar-refractivity contribution in [2.45, 2.75) is 298 Å². The van der Waals surface area contributed by atoms with E-state index in [9.17, 15) is 47.9 Å². The van der Waals surface area contributed by atoms with E-state index in [-0.39, 0.29) is 126 Å². The van der Waals surface area contributed by atoms with Crippen molar-refractivity contribution in [2.75, 3.05) is 50.0 Å². The van der Waals surface area contributed by atoms with E-state index in [0.29, 0.717) is 74.3 Å². The topological polar surface area (TPSA) is 523 Å². The molecule has 0 spiro atoms. The maximum atomic E-state index is 15.1.